The Morgan fingerprint density at radius 2 is 2.00 bits per heavy atom. The van der Waals surface area contributed by atoms with Crippen molar-refractivity contribution in [3.05, 3.63) is 0 Å². The van der Waals surface area contributed by atoms with E-state index in [1.165, 1.54) is 12.8 Å². The molecule has 0 radical (unpaired) electrons. The first-order chi connectivity index (χ1) is 8.28. The van der Waals surface area contributed by atoms with Crippen molar-refractivity contribution < 1.29 is 18.9 Å². The van der Waals surface area contributed by atoms with Gasteiger partial charge in [-0.2, -0.15) is 0 Å². The fourth-order valence-electron chi connectivity index (χ4n) is 2.49. The number of hydrogen-bond donors (Lipinski definition) is 0. The first-order valence-electron chi connectivity index (χ1n) is 6.69. The quantitative estimate of drug-likeness (QED) is 0.716. The zero-order valence-corrected chi connectivity index (χ0v) is 11.1. The van der Waals surface area contributed by atoms with Crippen molar-refractivity contribution in [1.29, 1.82) is 0 Å². The molecule has 4 nitrogen and oxygen atoms in total. The van der Waals surface area contributed by atoms with Crippen molar-refractivity contribution in [2.45, 2.75) is 57.7 Å². The molecule has 2 heterocycles. The van der Waals surface area contributed by atoms with E-state index in [9.17, 15) is 0 Å². The van der Waals surface area contributed by atoms with E-state index in [-0.39, 0.29) is 24.6 Å². The zero-order chi connectivity index (χ0) is 12.3. The van der Waals surface area contributed by atoms with Gasteiger partial charge in [0, 0.05) is 20.1 Å². The smallest absolute Gasteiger partial charge is 0.184 e. The van der Waals surface area contributed by atoms with Gasteiger partial charge in [-0.1, -0.05) is 26.7 Å². The first kappa shape index (κ1) is 13.3. The molecule has 0 N–H and O–H groups in total. The lowest BCUT2D eigenvalue weighted by Gasteiger charge is -2.33. The van der Waals surface area contributed by atoms with Crippen LogP contribution in [0.4, 0.5) is 0 Å². The van der Waals surface area contributed by atoms with Crippen LogP contribution in [0, 0.1) is 5.92 Å². The number of methoxy groups -OCH3 is 1. The highest BCUT2D eigenvalue weighted by atomic mass is 16.7. The van der Waals surface area contributed by atoms with Crippen LogP contribution in [-0.4, -0.2) is 44.9 Å². The summed E-state index contributed by atoms with van der Waals surface area (Å²) in [4.78, 5) is 0. The fraction of sp³-hybridized carbons (Fsp3) is 1.00. The van der Waals surface area contributed by atoms with Crippen LogP contribution in [0.3, 0.4) is 0 Å². The van der Waals surface area contributed by atoms with E-state index in [2.05, 4.69) is 13.8 Å². The van der Waals surface area contributed by atoms with Gasteiger partial charge in [-0.15, -0.1) is 0 Å². The maximum Gasteiger partial charge on any atom is 0.184 e. The summed E-state index contributed by atoms with van der Waals surface area (Å²) in [5, 5.41) is 0. The summed E-state index contributed by atoms with van der Waals surface area (Å²) in [6.07, 6.45) is 3.27. The third-order valence-electron chi connectivity index (χ3n) is 3.92. The van der Waals surface area contributed by atoms with Gasteiger partial charge in [-0.3, -0.25) is 0 Å². The SMILES string of the molecule is CCC(CC)CO[C@H]1C[C@@H](OC)[C@@H]2OC[C@H]1O2. The predicted molar refractivity (Wildman–Crippen MR) is 63.8 cm³/mol. The molecule has 17 heavy (non-hydrogen) atoms. The molecule has 0 spiro atoms. The normalized spacial score (nSPS) is 36.7. The highest BCUT2D eigenvalue weighted by molar-refractivity contribution is 4.87. The van der Waals surface area contributed by atoms with Crippen LogP contribution in [0.15, 0.2) is 0 Å². The second kappa shape index (κ2) is 6.14. The van der Waals surface area contributed by atoms with Crippen molar-refractivity contribution in [2.24, 2.45) is 5.92 Å². The van der Waals surface area contributed by atoms with Crippen LogP contribution in [0.1, 0.15) is 33.1 Å². The molecule has 2 aliphatic heterocycles. The van der Waals surface area contributed by atoms with E-state index < -0.39 is 0 Å². The molecular weight excluding hydrogens is 220 g/mol. The first-order valence-corrected chi connectivity index (χ1v) is 6.69. The summed E-state index contributed by atoms with van der Waals surface area (Å²) in [7, 11) is 1.70. The molecule has 0 aromatic carbocycles. The van der Waals surface area contributed by atoms with Crippen LogP contribution < -0.4 is 0 Å². The van der Waals surface area contributed by atoms with Crippen LogP contribution in [0.2, 0.25) is 0 Å². The monoisotopic (exact) mass is 244 g/mol. The Morgan fingerprint density at radius 1 is 1.24 bits per heavy atom. The van der Waals surface area contributed by atoms with Crippen molar-refractivity contribution in [1.82, 2.24) is 0 Å². The lowest BCUT2D eigenvalue weighted by Crippen LogP contribution is -2.44. The molecule has 100 valence electrons. The molecule has 2 saturated heterocycles. The van der Waals surface area contributed by atoms with Gasteiger partial charge in [0.05, 0.1) is 12.7 Å². The van der Waals surface area contributed by atoms with E-state index in [1.807, 2.05) is 0 Å². The van der Waals surface area contributed by atoms with Gasteiger partial charge in [0.2, 0.25) is 0 Å². The lowest BCUT2D eigenvalue weighted by molar-refractivity contribution is -0.200. The van der Waals surface area contributed by atoms with E-state index in [4.69, 9.17) is 18.9 Å². The maximum absolute atomic E-state index is 6.00. The molecule has 2 rings (SSSR count). The number of fused-ring (bicyclic) bond motifs is 2. The number of rotatable bonds is 6. The third kappa shape index (κ3) is 2.99. The Kier molecular flexibility index (Phi) is 4.79. The molecule has 0 amide bonds. The van der Waals surface area contributed by atoms with E-state index >= 15 is 0 Å². The Morgan fingerprint density at radius 3 is 2.65 bits per heavy atom. The zero-order valence-electron chi connectivity index (χ0n) is 11.1. The van der Waals surface area contributed by atoms with Gasteiger partial charge >= 0.3 is 0 Å². The van der Waals surface area contributed by atoms with Crippen LogP contribution in [0.5, 0.6) is 0 Å². The Bertz CT molecular complexity index is 229. The largest absolute Gasteiger partial charge is 0.376 e. The van der Waals surface area contributed by atoms with Crippen molar-refractivity contribution >= 4 is 0 Å². The lowest BCUT2D eigenvalue weighted by atomic mass is 10.0. The van der Waals surface area contributed by atoms with Crippen molar-refractivity contribution in [3.63, 3.8) is 0 Å². The predicted octanol–water partition coefficient (Wildman–Crippen LogP) is 1.97. The van der Waals surface area contributed by atoms with Gasteiger partial charge in [-0.25, -0.2) is 0 Å². The summed E-state index contributed by atoms with van der Waals surface area (Å²) in [5.74, 6) is 0.649. The molecule has 2 fully saturated rings. The minimum absolute atomic E-state index is 0.0143. The molecule has 2 bridgehead atoms. The summed E-state index contributed by atoms with van der Waals surface area (Å²) in [5.41, 5.74) is 0. The molecule has 0 aliphatic carbocycles. The average Bonchev–Trinajstić information content (AvgIpc) is 2.78. The van der Waals surface area contributed by atoms with Crippen LogP contribution >= 0.6 is 0 Å². The van der Waals surface area contributed by atoms with Gasteiger partial charge in [0.25, 0.3) is 0 Å². The van der Waals surface area contributed by atoms with Gasteiger partial charge in [0.15, 0.2) is 6.29 Å². The van der Waals surface area contributed by atoms with E-state index in [0.717, 1.165) is 13.0 Å². The van der Waals surface area contributed by atoms with Gasteiger partial charge in [0.1, 0.15) is 12.2 Å². The molecule has 2 aliphatic rings. The molecular formula is C13H24O4. The number of ether oxygens (including phenoxy) is 4. The highest BCUT2D eigenvalue weighted by Crippen LogP contribution is 2.31. The summed E-state index contributed by atoms with van der Waals surface area (Å²) >= 11 is 0. The van der Waals surface area contributed by atoms with Crippen LogP contribution in [-0.2, 0) is 18.9 Å². The van der Waals surface area contributed by atoms with Gasteiger partial charge < -0.3 is 18.9 Å². The van der Waals surface area contributed by atoms with Crippen LogP contribution in [0.25, 0.3) is 0 Å². The third-order valence-corrected chi connectivity index (χ3v) is 3.92. The fourth-order valence-corrected chi connectivity index (χ4v) is 2.49. The molecule has 0 unspecified atom stereocenters. The maximum atomic E-state index is 6.00. The van der Waals surface area contributed by atoms with Crippen molar-refractivity contribution in [2.75, 3.05) is 20.3 Å². The second-order valence-electron chi connectivity index (χ2n) is 4.94. The van der Waals surface area contributed by atoms with E-state index in [1.54, 1.807) is 7.11 Å². The minimum Gasteiger partial charge on any atom is -0.376 e. The summed E-state index contributed by atoms with van der Waals surface area (Å²) in [6, 6.07) is 0. The Hall–Kier alpha value is -0.160. The van der Waals surface area contributed by atoms with Gasteiger partial charge in [-0.05, 0) is 5.92 Å². The molecule has 0 aromatic heterocycles. The summed E-state index contributed by atoms with van der Waals surface area (Å²) in [6.45, 7) is 5.87. The van der Waals surface area contributed by atoms with E-state index in [0.29, 0.717) is 12.5 Å². The topological polar surface area (TPSA) is 36.9 Å². The average molecular weight is 244 g/mol. The standard InChI is InChI=1S/C13H24O4/c1-4-9(5-2)7-15-10-6-11(14-3)13-16-8-12(10)17-13/h9-13H,4-8H2,1-3H3/t10-,11+,12+,13+/m0/s1. The molecule has 4 atom stereocenters. The van der Waals surface area contributed by atoms with Crippen molar-refractivity contribution in [3.8, 4) is 0 Å². The second-order valence-corrected chi connectivity index (χ2v) is 4.94. The molecule has 0 saturated carbocycles. The number of hydrogen-bond acceptors (Lipinski definition) is 4. The Labute approximate surface area is 104 Å². The Balaban J connectivity index is 1.83. The summed E-state index contributed by atoms with van der Waals surface area (Å²) < 4.78 is 22.7. The highest BCUT2D eigenvalue weighted by Gasteiger charge is 2.44. The molecule has 0 aromatic rings. The minimum atomic E-state index is -0.182. The molecule has 4 heteroatoms.